The lowest BCUT2D eigenvalue weighted by molar-refractivity contribution is -0.163. The zero-order valence-electron chi connectivity index (χ0n) is 29.5. The SMILES string of the molecule is Cc1ccc2c(N3CCN(C(=O)C(CC(C)C)OC(=O)CN(C)C(=O)CNCC(=O)OC(C)(C)C)CC3)nc(-c3ccccc3O)nc2c1. The summed E-state index contributed by atoms with van der Waals surface area (Å²) < 4.78 is 10.9. The molecule has 264 valence electrons. The minimum atomic E-state index is -0.997. The van der Waals surface area contributed by atoms with Crippen molar-refractivity contribution in [2.75, 3.05) is 57.8 Å². The van der Waals surface area contributed by atoms with Gasteiger partial charge in [0.1, 0.15) is 23.7 Å². The van der Waals surface area contributed by atoms with Crippen LogP contribution < -0.4 is 10.2 Å². The summed E-state index contributed by atoms with van der Waals surface area (Å²) in [7, 11) is 1.46. The third-order valence-corrected chi connectivity index (χ3v) is 7.86. The van der Waals surface area contributed by atoms with Crippen LogP contribution in [0.1, 0.15) is 46.6 Å². The third-order valence-electron chi connectivity index (χ3n) is 7.86. The molecule has 1 aliphatic rings. The van der Waals surface area contributed by atoms with Gasteiger partial charge in [-0.2, -0.15) is 0 Å². The van der Waals surface area contributed by atoms with E-state index in [0.29, 0.717) is 49.8 Å². The maximum Gasteiger partial charge on any atom is 0.326 e. The number of nitrogens with one attached hydrogen (secondary N) is 1. The number of hydrogen-bond donors (Lipinski definition) is 2. The molecule has 2 aromatic carbocycles. The molecule has 13 nitrogen and oxygen atoms in total. The minimum Gasteiger partial charge on any atom is -0.507 e. The quantitative estimate of drug-likeness (QED) is 0.272. The first-order valence-electron chi connectivity index (χ1n) is 16.6. The second-order valence-corrected chi connectivity index (χ2v) is 13.8. The number of aromatic hydroxyl groups is 1. The van der Waals surface area contributed by atoms with Crippen LogP contribution in [0.3, 0.4) is 0 Å². The van der Waals surface area contributed by atoms with E-state index in [2.05, 4.69) is 10.2 Å². The fourth-order valence-electron chi connectivity index (χ4n) is 5.48. The van der Waals surface area contributed by atoms with E-state index < -0.39 is 29.6 Å². The topological polar surface area (TPSA) is 154 Å². The number of fused-ring (bicyclic) bond motifs is 1. The number of piperazine rings is 1. The first-order chi connectivity index (χ1) is 23.1. The van der Waals surface area contributed by atoms with Crippen molar-refractivity contribution in [1.82, 2.24) is 25.1 Å². The van der Waals surface area contributed by atoms with Crippen LogP contribution in [0.2, 0.25) is 0 Å². The van der Waals surface area contributed by atoms with Crippen molar-refractivity contribution in [2.24, 2.45) is 5.92 Å². The van der Waals surface area contributed by atoms with E-state index in [1.165, 1.54) is 11.9 Å². The van der Waals surface area contributed by atoms with Crippen molar-refractivity contribution < 1.29 is 33.8 Å². The number of likely N-dealkylation sites (N-methyl/N-ethyl adjacent to an activating group) is 1. The van der Waals surface area contributed by atoms with Gasteiger partial charge in [0, 0.05) is 38.6 Å². The Hall–Kier alpha value is -4.78. The number of esters is 2. The van der Waals surface area contributed by atoms with Crippen LogP contribution >= 0.6 is 0 Å². The monoisotopic (exact) mass is 676 g/mol. The largest absolute Gasteiger partial charge is 0.507 e. The molecule has 2 amide bonds. The van der Waals surface area contributed by atoms with E-state index in [1.807, 2.05) is 45.0 Å². The van der Waals surface area contributed by atoms with Crippen LogP contribution in [-0.2, 0) is 28.7 Å². The second kappa shape index (κ2) is 16.1. The number of para-hydroxylation sites is 1. The molecule has 4 rings (SSSR count). The van der Waals surface area contributed by atoms with Crippen LogP contribution in [0.15, 0.2) is 42.5 Å². The number of rotatable bonds is 12. The van der Waals surface area contributed by atoms with Gasteiger partial charge in [-0.1, -0.05) is 32.0 Å². The standard InChI is InChI=1S/C36H48N6O7/c1-23(2)18-29(48-32(46)22-40(7)30(44)20-37-21-31(45)49-36(4,5)6)35(47)42-16-14-41(15-17-42)34-25-13-12-24(3)19-27(25)38-33(39-34)26-10-8-9-11-28(26)43/h8-13,19,23,29,37,43H,14-18,20-22H2,1-7H3. The summed E-state index contributed by atoms with van der Waals surface area (Å²) in [6.45, 7) is 12.2. The van der Waals surface area contributed by atoms with Crippen molar-refractivity contribution in [3.05, 3.63) is 48.0 Å². The third kappa shape index (κ3) is 10.4. The molecule has 0 radical (unpaired) electrons. The van der Waals surface area contributed by atoms with Crippen LogP contribution in [0, 0.1) is 12.8 Å². The highest BCUT2D eigenvalue weighted by Crippen LogP contribution is 2.32. The molecule has 1 unspecified atom stereocenters. The molecule has 1 atom stereocenters. The number of carbonyl (C=O) groups is 4. The van der Waals surface area contributed by atoms with E-state index in [-0.39, 0.29) is 37.2 Å². The van der Waals surface area contributed by atoms with Crippen molar-refractivity contribution >= 4 is 40.5 Å². The van der Waals surface area contributed by atoms with Crippen LogP contribution in [0.4, 0.5) is 5.82 Å². The van der Waals surface area contributed by atoms with Gasteiger partial charge in [0.2, 0.25) is 5.91 Å². The van der Waals surface area contributed by atoms with E-state index in [4.69, 9.17) is 19.4 Å². The molecule has 1 saturated heterocycles. The van der Waals surface area contributed by atoms with Gasteiger partial charge in [-0.25, -0.2) is 9.97 Å². The van der Waals surface area contributed by atoms with Crippen molar-refractivity contribution in [3.8, 4) is 17.1 Å². The van der Waals surface area contributed by atoms with Gasteiger partial charge in [0.05, 0.1) is 24.2 Å². The molecule has 2 heterocycles. The number of phenols is 1. The van der Waals surface area contributed by atoms with Crippen molar-refractivity contribution in [1.29, 1.82) is 0 Å². The number of aryl methyl sites for hydroxylation is 1. The summed E-state index contributed by atoms with van der Waals surface area (Å²) in [6, 6.07) is 12.9. The average molecular weight is 677 g/mol. The lowest BCUT2D eigenvalue weighted by atomic mass is 10.0. The van der Waals surface area contributed by atoms with Crippen LogP contribution in [-0.4, -0.2) is 113 Å². The molecule has 1 aromatic heterocycles. The Morgan fingerprint density at radius 3 is 2.33 bits per heavy atom. The molecular weight excluding hydrogens is 628 g/mol. The minimum absolute atomic E-state index is 0.0723. The predicted molar refractivity (Wildman–Crippen MR) is 186 cm³/mol. The van der Waals surface area contributed by atoms with Gasteiger partial charge in [0.15, 0.2) is 11.9 Å². The zero-order chi connectivity index (χ0) is 35.9. The Kier molecular flexibility index (Phi) is 12.2. The number of hydrogen-bond acceptors (Lipinski definition) is 11. The van der Waals surface area contributed by atoms with E-state index in [0.717, 1.165) is 16.5 Å². The molecular formula is C36H48N6O7. The summed E-state index contributed by atoms with van der Waals surface area (Å²) in [5, 5.41) is 14.1. The summed E-state index contributed by atoms with van der Waals surface area (Å²) in [5.41, 5.74) is 1.70. The molecule has 1 aliphatic heterocycles. The predicted octanol–water partition coefficient (Wildman–Crippen LogP) is 3.31. The number of phenolic OH excluding ortho intramolecular Hbond substituents is 1. The molecule has 1 fully saturated rings. The van der Waals surface area contributed by atoms with Crippen molar-refractivity contribution in [2.45, 2.75) is 59.7 Å². The molecule has 0 bridgehead atoms. The van der Waals surface area contributed by atoms with E-state index >= 15 is 0 Å². The van der Waals surface area contributed by atoms with E-state index in [9.17, 15) is 24.3 Å². The van der Waals surface area contributed by atoms with Gasteiger partial charge in [-0.05, 0) is 69.9 Å². The maximum atomic E-state index is 13.7. The lowest BCUT2D eigenvalue weighted by Gasteiger charge is -2.37. The first-order valence-corrected chi connectivity index (χ1v) is 16.6. The molecule has 3 aromatic rings. The number of nitrogens with zero attached hydrogens (tertiary/aromatic N) is 5. The number of aromatic nitrogens is 2. The highest BCUT2D eigenvalue weighted by molar-refractivity contribution is 5.92. The Labute approximate surface area is 287 Å². The number of benzene rings is 2. The smallest absolute Gasteiger partial charge is 0.326 e. The number of amides is 2. The van der Waals surface area contributed by atoms with E-state index in [1.54, 1.807) is 43.9 Å². The number of carbonyl (C=O) groups excluding carboxylic acids is 4. The van der Waals surface area contributed by atoms with Gasteiger partial charge in [-0.15, -0.1) is 0 Å². The molecule has 49 heavy (non-hydrogen) atoms. The first kappa shape index (κ1) is 37.0. The number of ether oxygens (including phenoxy) is 2. The fourth-order valence-corrected chi connectivity index (χ4v) is 5.48. The van der Waals surface area contributed by atoms with Crippen molar-refractivity contribution in [3.63, 3.8) is 0 Å². The molecule has 2 N–H and O–H groups in total. The molecule has 13 heteroatoms. The van der Waals surface area contributed by atoms with Gasteiger partial charge in [0.25, 0.3) is 5.91 Å². The fraction of sp³-hybridized carbons (Fsp3) is 0.500. The summed E-state index contributed by atoms with van der Waals surface area (Å²) in [5.74, 6) is -0.593. The summed E-state index contributed by atoms with van der Waals surface area (Å²) >= 11 is 0. The Balaban J connectivity index is 1.38. The van der Waals surface area contributed by atoms with Crippen LogP contribution in [0.25, 0.3) is 22.3 Å². The Morgan fingerprint density at radius 1 is 0.980 bits per heavy atom. The second-order valence-electron chi connectivity index (χ2n) is 13.8. The highest BCUT2D eigenvalue weighted by Gasteiger charge is 2.32. The van der Waals surface area contributed by atoms with Gasteiger partial charge < -0.3 is 29.3 Å². The van der Waals surface area contributed by atoms with Gasteiger partial charge in [-0.3, -0.25) is 24.5 Å². The normalized spacial score (nSPS) is 14.1. The molecule has 0 spiro atoms. The van der Waals surface area contributed by atoms with Gasteiger partial charge >= 0.3 is 11.9 Å². The lowest BCUT2D eigenvalue weighted by Crippen LogP contribution is -2.53. The highest BCUT2D eigenvalue weighted by atomic mass is 16.6. The zero-order valence-corrected chi connectivity index (χ0v) is 29.5. The molecule has 0 aliphatic carbocycles. The number of anilines is 1. The van der Waals surface area contributed by atoms with Crippen LogP contribution in [0.5, 0.6) is 5.75 Å². The Bertz CT molecular complexity index is 1660. The Morgan fingerprint density at radius 2 is 1.67 bits per heavy atom. The maximum absolute atomic E-state index is 13.7. The summed E-state index contributed by atoms with van der Waals surface area (Å²) in [6.07, 6.45) is -0.664. The molecule has 0 saturated carbocycles. The average Bonchev–Trinajstić information content (AvgIpc) is 3.02. The summed E-state index contributed by atoms with van der Waals surface area (Å²) in [4.78, 5) is 65.7.